The molecular weight excluding hydrogens is 228 g/mol. The highest BCUT2D eigenvalue weighted by molar-refractivity contribution is 7.17. The molecule has 2 heterocycles. The van der Waals surface area contributed by atoms with E-state index in [1.807, 2.05) is 11.3 Å². The molecule has 1 N–H and O–H groups in total. The molecule has 90 valence electrons. The van der Waals surface area contributed by atoms with E-state index in [1.54, 1.807) is 0 Å². The molecule has 0 radical (unpaired) electrons. The van der Waals surface area contributed by atoms with Gasteiger partial charge in [0.15, 0.2) is 0 Å². The summed E-state index contributed by atoms with van der Waals surface area (Å²) in [6, 6.07) is 9.39. The molecule has 3 rings (SSSR count). The third-order valence-electron chi connectivity index (χ3n) is 3.64. The van der Waals surface area contributed by atoms with Gasteiger partial charge in [0.05, 0.1) is 0 Å². The molecule has 2 nitrogen and oxygen atoms in total. The SMILES string of the molecule is CNC1CCN(Cc2csc3ccccc23)C1. The van der Waals surface area contributed by atoms with Crippen LogP contribution in [-0.4, -0.2) is 31.1 Å². The largest absolute Gasteiger partial charge is 0.316 e. The van der Waals surface area contributed by atoms with Crippen molar-refractivity contribution in [3.63, 3.8) is 0 Å². The summed E-state index contributed by atoms with van der Waals surface area (Å²) in [4.78, 5) is 2.55. The van der Waals surface area contributed by atoms with Crippen molar-refractivity contribution in [3.8, 4) is 0 Å². The number of benzene rings is 1. The van der Waals surface area contributed by atoms with Crippen LogP contribution in [0.4, 0.5) is 0 Å². The fraction of sp³-hybridized carbons (Fsp3) is 0.429. The zero-order valence-corrected chi connectivity index (χ0v) is 11.0. The van der Waals surface area contributed by atoms with Crippen molar-refractivity contribution in [2.24, 2.45) is 0 Å². The lowest BCUT2D eigenvalue weighted by Crippen LogP contribution is -2.29. The van der Waals surface area contributed by atoms with E-state index < -0.39 is 0 Å². The molecule has 0 spiro atoms. The van der Waals surface area contributed by atoms with Gasteiger partial charge in [-0.1, -0.05) is 18.2 Å². The second-order valence-corrected chi connectivity index (χ2v) is 5.68. The van der Waals surface area contributed by atoms with Crippen LogP contribution in [0.3, 0.4) is 0 Å². The van der Waals surface area contributed by atoms with Crippen LogP contribution in [0.2, 0.25) is 0 Å². The van der Waals surface area contributed by atoms with Crippen molar-refractivity contribution < 1.29 is 0 Å². The number of hydrogen-bond donors (Lipinski definition) is 1. The van der Waals surface area contributed by atoms with Crippen LogP contribution in [0.1, 0.15) is 12.0 Å². The van der Waals surface area contributed by atoms with Crippen molar-refractivity contribution in [3.05, 3.63) is 35.2 Å². The van der Waals surface area contributed by atoms with Crippen molar-refractivity contribution >= 4 is 21.4 Å². The summed E-state index contributed by atoms with van der Waals surface area (Å²) in [5.74, 6) is 0. The van der Waals surface area contributed by atoms with Gasteiger partial charge in [-0.05, 0) is 35.9 Å². The second-order valence-electron chi connectivity index (χ2n) is 4.77. The van der Waals surface area contributed by atoms with Crippen LogP contribution >= 0.6 is 11.3 Å². The molecular formula is C14H18N2S. The molecule has 1 fully saturated rings. The summed E-state index contributed by atoms with van der Waals surface area (Å²) in [7, 11) is 2.06. The normalized spacial score (nSPS) is 21.4. The number of hydrogen-bond acceptors (Lipinski definition) is 3. The number of thiophene rings is 1. The number of likely N-dealkylation sites (N-methyl/N-ethyl adjacent to an activating group) is 1. The summed E-state index contributed by atoms with van der Waals surface area (Å²) in [6.07, 6.45) is 1.28. The van der Waals surface area contributed by atoms with Gasteiger partial charge < -0.3 is 5.32 Å². The van der Waals surface area contributed by atoms with Gasteiger partial charge in [-0.3, -0.25) is 4.90 Å². The standard InChI is InChI=1S/C14H18N2S/c1-15-12-6-7-16(9-12)8-11-10-17-14-5-3-2-4-13(11)14/h2-5,10,12,15H,6-9H2,1H3. The number of rotatable bonds is 3. The smallest absolute Gasteiger partial charge is 0.0346 e. The Balaban J connectivity index is 1.77. The van der Waals surface area contributed by atoms with Crippen LogP contribution in [0.5, 0.6) is 0 Å². The molecule has 17 heavy (non-hydrogen) atoms. The Morgan fingerprint density at radius 1 is 1.41 bits per heavy atom. The first-order chi connectivity index (χ1) is 8.36. The first kappa shape index (κ1) is 11.2. The number of likely N-dealkylation sites (tertiary alicyclic amines) is 1. The third kappa shape index (κ3) is 2.23. The minimum Gasteiger partial charge on any atom is -0.316 e. The van der Waals surface area contributed by atoms with Crippen LogP contribution < -0.4 is 5.32 Å². The van der Waals surface area contributed by atoms with Gasteiger partial charge in [0.2, 0.25) is 0 Å². The van der Waals surface area contributed by atoms with Crippen molar-refractivity contribution in [1.29, 1.82) is 0 Å². The highest BCUT2D eigenvalue weighted by atomic mass is 32.1. The molecule has 3 heteroatoms. The Morgan fingerprint density at radius 3 is 3.12 bits per heavy atom. The zero-order chi connectivity index (χ0) is 11.7. The van der Waals surface area contributed by atoms with Crippen LogP contribution in [0.25, 0.3) is 10.1 Å². The lowest BCUT2D eigenvalue weighted by atomic mass is 10.2. The first-order valence-corrected chi connectivity index (χ1v) is 7.09. The predicted octanol–water partition coefficient (Wildman–Crippen LogP) is 2.70. The highest BCUT2D eigenvalue weighted by Gasteiger charge is 2.21. The van der Waals surface area contributed by atoms with E-state index in [2.05, 4.69) is 46.9 Å². The van der Waals surface area contributed by atoms with E-state index in [0.29, 0.717) is 6.04 Å². The van der Waals surface area contributed by atoms with Crippen molar-refractivity contribution in [2.45, 2.75) is 19.0 Å². The van der Waals surface area contributed by atoms with Gasteiger partial charge >= 0.3 is 0 Å². The summed E-state index contributed by atoms with van der Waals surface area (Å²) in [5, 5.41) is 7.12. The number of nitrogens with one attached hydrogen (secondary N) is 1. The fourth-order valence-electron chi connectivity index (χ4n) is 2.61. The molecule has 1 aliphatic heterocycles. The van der Waals surface area contributed by atoms with Gasteiger partial charge in [0.1, 0.15) is 0 Å². The minimum absolute atomic E-state index is 0.680. The molecule has 1 aromatic carbocycles. The van der Waals surface area contributed by atoms with Gasteiger partial charge in [-0.15, -0.1) is 11.3 Å². The van der Waals surface area contributed by atoms with E-state index in [0.717, 1.165) is 6.54 Å². The zero-order valence-electron chi connectivity index (χ0n) is 10.1. The number of nitrogens with zero attached hydrogens (tertiary/aromatic N) is 1. The van der Waals surface area contributed by atoms with E-state index in [9.17, 15) is 0 Å². The van der Waals surface area contributed by atoms with E-state index in [1.165, 1.54) is 35.2 Å². The topological polar surface area (TPSA) is 15.3 Å². The molecule has 0 aliphatic carbocycles. The molecule has 1 saturated heterocycles. The van der Waals surface area contributed by atoms with E-state index in [4.69, 9.17) is 0 Å². The molecule has 1 aromatic heterocycles. The van der Waals surface area contributed by atoms with Crippen LogP contribution in [0.15, 0.2) is 29.6 Å². The second kappa shape index (κ2) is 4.77. The van der Waals surface area contributed by atoms with E-state index in [-0.39, 0.29) is 0 Å². The summed E-state index contributed by atoms with van der Waals surface area (Å²) in [6.45, 7) is 3.50. The maximum atomic E-state index is 3.37. The molecule has 0 bridgehead atoms. The van der Waals surface area contributed by atoms with Crippen LogP contribution in [-0.2, 0) is 6.54 Å². The Hall–Kier alpha value is -0.900. The quantitative estimate of drug-likeness (QED) is 0.896. The summed E-state index contributed by atoms with van der Waals surface area (Å²) in [5.41, 5.74) is 1.49. The van der Waals surface area contributed by atoms with Gasteiger partial charge in [0, 0.05) is 30.4 Å². The Morgan fingerprint density at radius 2 is 2.29 bits per heavy atom. The summed E-state index contributed by atoms with van der Waals surface area (Å²) < 4.78 is 1.41. The lowest BCUT2D eigenvalue weighted by molar-refractivity contribution is 0.324. The maximum Gasteiger partial charge on any atom is 0.0346 e. The van der Waals surface area contributed by atoms with Crippen LogP contribution in [0, 0.1) is 0 Å². The van der Waals surface area contributed by atoms with Gasteiger partial charge in [-0.2, -0.15) is 0 Å². The average molecular weight is 246 g/mol. The molecule has 0 saturated carbocycles. The van der Waals surface area contributed by atoms with Crippen molar-refractivity contribution in [1.82, 2.24) is 10.2 Å². The summed E-state index contributed by atoms with van der Waals surface area (Å²) >= 11 is 1.86. The predicted molar refractivity (Wildman–Crippen MR) is 74.6 cm³/mol. The monoisotopic (exact) mass is 246 g/mol. The van der Waals surface area contributed by atoms with E-state index >= 15 is 0 Å². The highest BCUT2D eigenvalue weighted by Crippen LogP contribution is 2.27. The minimum atomic E-state index is 0.680. The Labute approximate surface area is 106 Å². The van der Waals surface area contributed by atoms with Gasteiger partial charge in [-0.25, -0.2) is 0 Å². The molecule has 1 atom stereocenters. The fourth-order valence-corrected chi connectivity index (χ4v) is 3.56. The molecule has 0 amide bonds. The Kier molecular flexibility index (Phi) is 3.14. The lowest BCUT2D eigenvalue weighted by Gasteiger charge is -2.15. The number of fused-ring (bicyclic) bond motifs is 1. The third-order valence-corrected chi connectivity index (χ3v) is 4.65. The molecule has 2 aromatic rings. The molecule has 1 aliphatic rings. The van der Waals surface area contributed by atoms with Gasteiger partial charge in [0.25, 0.3) is 0 Å². The average Bonchev–Trinajstić information content (AvgIpc) is 2.97. The maximum absolute atomic E-state index is 3.37. The first-order valence-electron chi connectivity index (χ1n) is 6.21. The Bertz CT molecular complexity index is 506. The molecule has 1 unspecified atom stereocenters. The van der Waals surface area contributed by atoms with Crippen molar-refractivity contribution in [2.75, 3.05) is 20.1 Å².